The third-order valence-electron chi connectivity index (χ3n) is 2.14. The van der Waals surface area contributed by atoms with Gasteiger partial charge in [0, 0.05) is 0 Å². The molecule has 0 aromatic rings. The Morgan fingerprint density at radius 3 is 3.08 bits per heavy atom. The molecule has 0 amide bonds. The zero-order chi connectivity index (χ0) is 8.97. The Balaban J connectivity index is 2.61. The van der Waals surface area contributed by atoms with Gasteiger partial charge in [0.25, 0.3) is 0 Å². The van der Waals surface area contributed by atoms with Gasteiger partial charge in [-0.25, -0.2) is 0 Å². The molecule has 1 aliphatic rings. The molecule has 0 saturated carbocycles. The molecule has 0 aliphatic heterocycles. The number of methoxy groups -OCH3 is 1. The first-order chi connectivity index (χ1) is 5.75. The summed E-state index contributed by atoms with van der Waals surface area (Å²) >= 11 is 0. The predicted octanol–water partition coefficient (Wildman–Crippen LogP) is 0.877. The number of carbonyl (C=O) groups excluding carboxylic acids is 1. The van der Waals surface area contributed by atoms with Gasteiger partial charge in [0.2, 0.25) is 0 Å². The Bertz CT molecular complexity index is 186. The van der Waals surface area contributed by atoms with Gasteiger partial charge < -0.3 is 9.84 Å². The third kappa shape index (κ3) is 2.08. The first-order valence-electron chi connectivity index (χ1n) is 4.18. The summed E-state index contributed by atoms with van der Waals surface area (Å²) in [4.78, 5) is 11.1. The van der Waals surface area contributed by atoms with Crippen molar-refractivity contribution in [3.63, 3.8) is 0 Å². The van der Waals surface area contributed by atoms with E-state index in [2.05, 4.69) is 4.74 Å². The number of aliphatic hydroxyl groups is 1. The minimum atomic E-state index is -0.667. The van der Waals surface area contributed by atoms with Crippen LogP contribution in [0.15, 0.2) is 12.2 Å². The lowest BCUT2D eigenvalue weighted by Crippen LogP contribution is -2.27. The first kappa shape index (κ1) is 9.26. The number of rotatable bonds is 1. The van der Waals surface area contributed by atoms with Crippen LogP contribution < -0.4 is 0 Å². The van der Waals surface area contributed by atoms with Gasteiger partial charge in [-0.2, -0.15) is 0 Å². The van der Waals surface area contributed by atoms with E-state index in [1.54, 1.807) is 6.08 Å². The van der Waals surface area contributed by atoms with Crippen molar-refractivity contribution in [1.82, 2.24) is 0 Å². The van der Waals surface area contributed by atoms with Crippen molar-refractivity contribution < 1.29 is 14.6 Å². The molecule has 1 rings (SSSR count). The van der Waals surface area contributed by atoms with Gasteiger partial charge in [-0.3, -0.25) is 4.79 Å². The Kier molecular flexibility index (Phi) is 3.29. The molecule has 0 saturated heterocycles. The molecule has 1 aliphatic carbocycles. The number of hydrogen-bond donors (Lipinski definition) is 1. The van der Waals surface area contributed by atoms with E-state index >= 15 is 0 Å². The highest BCUT2D eigenvalue weighted by Gasteiger charge is 2.26. The second kappa shape index (κ2) is 4.26. The van der Waals surface area contributed by atoms with Crippen molar-refractivity contribution in [1.29, 1.82) is 0 Å². The quantitative estimate of drug-likeness (QED) is 0.469. The normalized spacial score (nSPS) is 29.5. The van der Waals surface area contributed by atoms with Crippen LogP contribution in [0.25, 0.3) is 0 Å². The summed E-state index contributed by atoms with van der Waals surface area (Å²) in [6, 6.07) is 0. The molecule has 0 bridgehead atoms. The van der Waals surface area contributed by atoms with Crippen molar-refractivity contribution >= 4 is 5.97 Å². The van der Waals surface area contributed by atoms with Crippen molar-refractivity contribution in [3.8, 4) is 0 Å². The largest absolute Gasteiger partial charge is 0.469 e. The lowest BCUT2D eigenvalue weighted by Gasteiger charge is -2.15. The van der Waals surface area contributed by atoms with Gasteiger partial charge in [0.05, 0.1) is 19.1 Å². The molecule has 0 heterocycles. The van der Waals surface area contributed by atoms with Crippen LogP contribution >= 0.6 is 0 Å². The van der Waals surface area contributed by atoms with Crippen LogP contribution in [0.2, 0.25) is 0 Å². The first-order valence-corrected chi connectivity index (χ1v) is 4.18. The van der Waals surface area contributed by atoms with Crippen LogP contribution in [-0.2, 0) is 9.53 Å². The molecule has 0 spiro atoms. The molecule has 3 heteroatoms. The molecule has 0 aromatic carbocycles. The summed E-state index contributed by atoms with van der Waals surface area (Å²) in [6.45, 7) is 0. The highest BCUT2D eigenvalue weighted by Crippen LogP contribution is 2.19. The van der Waals surface area contributed by atoms with E-state index in [0.29, 0.717) is 6.42 Å². The lowest BCUT2D eigenvalue weighted by molar-refractivity contribution is -0.148. The number of carbonyl (C=O) groups is 1. The Morgan fingerprint density at radius 1 is 1.67 bits per heavy atom. The van der Waals surface area contributed by atoms with Gasteiger partial charge in [-0.05, 0) is 19.3 Å². The standard InChI is InChI=1S/C9H14O3/c1-12-9(11)7-5-3-2-4-6-8(7)10/h4,6-8,10H,2-3,5H2,1H3. The smallest absolute Gasteiger partial charge is 0.311 e. The van der Waals surface area contributed by atoms with Crippen LogP contribution in [0.3, 0.4) is 0 Å². The SMILES string of the molecule is COC(=O)C1CCCC=CC1O. The fraction of sp³-hybridized carbons (Fsp3) is 0.667. The summed E-state index contributed by atoms with van der Waals surface area (Å²) in [5, 5.41) is 9.46. The monoisotopic (exact) mass is 170 g/mol. The van der Waals surface area contributed by atoms with Crippen LogP contribution in [0, 0.1) is 5.92 Å². The topological polar surface area (TPSA) is 46.5 Å². The molecule has 0 fully saturated rings. The molecule has 3 nitrogen and oxygen atoms in total. The lowest BCUT2D eigenvalue weighted by atomic mass is 9.99. The molecular weight excluding hydrogens is 156 g/mol. The zero-order valence-corrected chi connectivity index (χ0v) is 7.19. The highest BCUT2D eigenvalue weighted by atomic mass is 16.5. The van der Waals surface area contributed by atoms with Crippen LogP contribution in [-0.4, -0.2) is 24.3 Å². The molecule has 2 unspecified atom stereocenters. The van der Waals surface area contributed by atoms with Crippen molar-refractivity contribution in [3.05, 3.63) is 12.2 Å². The minimum Gasteiger partial charge on any atom is -0.469 e. The van der Waals surface area contributed by atoms with E-state index in [-0.39, 0.29) is 11.9 Å². The van der Waals surface area contributed by atoms with Gasteiger partial charge in [0.1, 0.15) is 0 Å². The van der Waals surface area contributed by atoms with Gasteiger partial charge >= 0.3 is 5.97 Å². The fourth-order valence-corrected chi connectivity index (χ4v) is 1.40. The Labute approximate surface area is 72.0 Å². The molecule has 12 heavy (non-hydrogen) atoms. The number of ether oxygens (including phenoxy) is 1. The van der Waals surface area contributed by atoms with Gasteiger partial charge in [0.15, 0.2) is 0 Å². The molecule has 0 aromatic heterocycles. The molecule has 0 radical (unpaired) electrons. The average molecular weight is 170 g/mol. The van der Waals surface area contributed by atoms with E-state index in [9.17, 15) is 9.90 Å². The predicted molar refractivity (Wildman–Crippen MR) is 44.5 cm³/mol. The van der Waals surface area contributed by atoms with E-state index in [1.807, 2.05) is 6.08 Å². The maximum absolute atomic E-state index is 11.1. The van der Waals surface area contributed by atoms with Crippen LogP contribution in [0.5, 0.6) is 0 Å². The van der Waals surface area contributed by atoms with Crippen LogP contribution in [0.4, 0.5) is 0 Å². The molecule has 1 N–H and O–H groups in total. The van der Waals surface area contributed by atoms with Crippen LogP contribution in [0.1, 0.15) is 19.3 Å². The second-order valence-electron chi connectivity index (χ2n) is 2.98. The number of aliphatic hydroxyl groups excluding tert-OH is 1. The zero-order valence-electron chi connectivity index (χ0n) is 7.19. The summed E-state index contributed by atoms with van der Waals surface area (Å²) < 4.78 is 4.58. The van der Waals surface area contributed by atoms with E-state index < -0.39 is 6.10 Å². The summed E-state index contributed by atoms with van der Waals surface area (Å²) in [7, 11) is 1.35. The average Bonchev–Trinajstić information content (AvgIpc) is 2.28. The van der Waals surface area contributed by atoms with E-state index in [0.717, 1.165) is 12.8 Å². The van der Waals surface area contributed by atoms with Crippen molar-refractivity contribution in [2.24, 2.45) is 5.92 Å². The van der Waals surface area contributed by atoms with Gasteiger partial charge in [-0.1, -0.05) is 12.2 Å². The fourth-order valence-electron chi connectivity index (χ4n) is 1.40. The third-order valence-corrected chi connectivity index (χ3v) is 2.14. The number of allylic oxidation sites excluding steroid dienone is 1. The minimum absolute atomic E-state index is 0.311. The number of esters is 1. The Hall–Kier alpha value is -0.830. The maximum atomic E-state index is 11.1. The summed E-state index contributed by atoms with van der Waals surface area (Å²) in [5.74, 6) is -0.678. The van der Waals surface area contributed by atoms with Crippen molar-refractivity contribution in [2.45, 2.75) is 25.4 Å². The molecule has 68 valence electrons. The highest BCUT2D eigenvalue weighted by molar-refractivity contribution is 5.73. The summed E-state index contributed by atoms with van der Waals surface area (Å²) in [6.07, 6.45) is 5.50. The molecule has 2 atom stereocenters. The summed E-state index contributed by atoms with van der Waals surface area (Å²) in [5.41, 5.74) is 0. The van der Waals surface area contributed by atoms with E-state index in [4.69, 9.17) is 0 Å². The van der Waals surface area contributed by atoms with E-state index in [1.165, 1.54) is 7.11 Å². The second-order valence-corrected chi connectivity index (χ2v) is 2.98. The maximum Gasteiger partial charge on any atom is 0.311 e. The Morgan fingerprint density at radius 2 is 2.42 bits per heavy atom. The number of hydrogen-bond acceptors (Lipinski definition) is 3. The molecular formula is C9H14O3. The van der Waals surface area contributed by atoms with Crippen molar-refractivity contribution in [2.75, 3.05) is 7.11 Å². The van der Waals surface area contributed by atoms with Gasteiger partial charge in [-0.15, -0.1) is 0 Å².